The van der Waals surface area contributed by atoms with Crippen LogP contribution in [0.1, 0.15) is 12.0 Å². The molecule has 2 rings (SSSR count). The van der Waals surface area contributed by atoms with Gasteiger partial charge in [-0.3, -0.25) is 9.36 Å². The molecule has 0 amide bonds. The minimum atomic E-state index is -0.803. The third-order valence-electron chi connectivity index (χ3n) is 2.96. The Morgan fingerprint density at radius 3 is 2.95 bits per heavy atom. The van der Waals surface area contributed by atoms with Crippen molar-refractivity contribution in [1.82, 2.24) is 9.88 Å². The van der Waals surface area contributed by atoms with E-state index in [0.29, 0.717) is 18.7 Å². The lowest BCUT2D eigenvalue weighted by Crippen LogP contribution is -2.20. The molecular formula is C13H16N2O4. The SMILES string of the molecule is Cn1c(=O)oc2ccc(CCNCCC(=O)O)cc21. The van der Waals surface area contributed by atoms with Crippen molar-refractivity contribution in [2.24, 2.45) is 7.05 Å². The number of carbonyl (C=O) groups is 1. The number of carboxylic acid groups (broad SMARTS) is 1. The van der Waals surface area contributed by atoms with E-state index in [4.69, 9.17) is 9.52 Å². The van der Waals surface area contributed by atoms with Crippen LogP contribution in [0.3, 0.4) is 0 Å². The number of carboxylic acids is 1. The molecule has 6 heteroatoms. The van der Waals surface area contributed by atoms with Gasteiger partial charge in [-0.25, -0.2) is 4.79 Å². The van der Waals surface area contributed by atoms with Gasteiger partial charge in [0.1, 0.15) is 0 Å². The first-order valence-corrected chi connectivity index (χ1v) is 6.09. The van der Waals surface area contributed by atoms with Gasteiger partial charge in [0.25, 0.3) is 0 Å². The van der Waals surface area contributed by atoms with E-state index in [2.05, 4.69) is 5.32 Å². The summed E-state index contributed by atoms with van der Waals surface area (Å²) in [6, 6.07) is 5.60. The number of aryl methyl sites for hydroxylation is 1. The maximum Gasteiger partial charge on any atom is 0.419 e. The van der Waals surface area contributed by atoms with Gasteiger partial charge < -0.3 is 14.8 Å². The fourth-order valence-electron chi connectivity index (χ4n) is 1.88. The zero-order valence-electron chi connectivity index (χ0n) is 10.7. The number of nitrogens with zero attached hydrogens (tertiary/aromatic N) is 1. The standard InChI is InChI=1S/C13H16N2O4/c1-15-10-8-9(2-3-11(10)19-13(15)18)4-6-14-7-5-12(16)17/h2-3,8,14H,4-7H2,1H3,(H,16,17). The number of rotatable bonds is 6. The Hall–Kier alpha value is -2.08. The predicted molar refractivity (Wildman–Crippen MR) is 70.3 cm³/mol. The molecular weight excluding hydrogens is 248 g/mol. The van der Waals surface area contributed by atoms with Gasteiger partial charge in [-0.2, -0.15) is 0 Å². The van der Waals surface area contributed by atoms with Gasteiger partial charge in [0.2, 0.25) is 0 Å². The Morgan fingerprint density at radius 1 is 1.42 bits per heavy atom. The zero-order valence-corrected chi connectivity index (χ0v) is 10.7. The van der Waals surface area contributed by atoms with E-state index in [0.717, 1.165) is 17.5 Å². The van der Waals surface area contributed by atoms with Crippen molar-refractivity contribution in [3.05, 3.63) is 34.3 Å². The summed E-state index contributed by atoms with van der Waals surface area (Å²) < 4.78 is 6.52. The highest BCUT2D eigenvalue weighted by atomic mass is 16.4. The molecule has 102 valence electrons. The predicted octanol–water partition coefficient (Wildman–Crippen LogP) is 0.738. The van der Waals surface area contributed by atoms with Crippen LogP contribution in [0.15, 0.2) is 27.4 Å². The zero-order chi connectivity index (χ0) is 13.8. The van der Waals surface area contributed by atoms with Crippen LogP contribution >= 0.6 is 0 Å². The van der Waals surface area contributed by atoms with E-state index in [1.54, 1.807) is 13.1 Å². The van der Waals surface area contributed by atoms with E-state index < -0.39 is 5.97 Å². The van der Waals surface area contributed by atoms with Crippen molar-refractivity contribution in [1.29, 1.82) is 0 Å². The molecule has 19 heavy (non-hydrogen) atoms. The minimum absolute atomic E-state index is 0.120. The third kappa shape index (κ3) is 3.23. The smallest absolute Gasteiger partial charge is 0.419 e. The Balaban J connectivity index is 1.96. The van der Waals surface area contributed by atoms with Gasteiger partial charge in [-0.1, -0.05) is 6.07 Å². The quantitative estimate of drug-likeness (QED) is 0.752. The average molecular weight is 264 g/mol. The summed E-state index contributed by atoms with van der Waals surface area (Å²) in [7, 11) is 1.67. The maximum absolute atomic E-state index is 11.3. The molecule has 0 aliphatic rings. The largest absolute Gasteiger partial charge is 0.481 e. The van der Waals surface area contributed by atoms with Crippen molar-refractivity contribution in [2.45, 2.75) is 12.8 Å². The maximum atomic E-state index is 11.3. The van der Waals surface area contributed by atoms with E-state index in [9.17, 15) is 9.59 Å². The van der Waals surface area contributed by atoms with Gasteiger partial charge in [0.05, 0.1) is 11.9 Å². The lowest BCUT2D eigenvalue weighted by Gasteiger charge is -2.03. The second kappa shape index (κ2) is 5.71. The Morgan fingerprint density at radius 2 is 2.21 bits per heavy atom. The van der Waals surface area contributed by atoms with Crippen LogP contribution < -0.4 is 11.1 Å². The molecule has 0 spiro atoms. The van der Waals surface area contributed by atoms with Gasteiger partial charge in [0, 0.05) is 13.6 Å². The van der Waals surface area contributed by atoms with Crippen LogP contribution in [-0.4, -0.2) is 28.7 Å². The first kappa shape index (κ1) is 13.4. The molecule has 0 saturated carbocycles. The number of fused-ring (bicyclic) bond motifs is 1. The molecule has 1 heterocycles. The summed E-state index contributed by atoms with van der Waals surface area (Å²) in [5, 5.41) is 11.6. The molecule has 0 unspecified atom stereocenters. The summed E-state index contributed by atoms with van der Waals surface area (Å²) in [4.78, 5) is 21.7. The van der Waals surface area contributed by atoms with Crippen LogP contribution in [0.25, 0.3) is 11.1 Å². The van der Waals surface area contributed by atoms with Crippen LogP contribution in [0.4, 0.5) is 0 Å². The molecule has 2 N–H and O–H groups in total. The first-order valence-electron chi connectivity index (χ1n) is 6.09. The van der Waals surface area contributed by atoms with Crippen molar-refractivity contribution in [3.63, 3.8) is 0 Å². The molecule has 1 aromatic carbocycles. The second-order valence-corrected chi connectivity index (χ2v) is 4.37. The topological polar surface area (TPSA) is 84.5 Å². The highest BCUT2D eigenvalue weighted by molar-refractivity contribution is 5.73. The molecule has 0 fully saturated rings. The van der Waals surface area contributed by atoms with E-state index in [1.165, 1.54) is 4.57 Å². The Bertz CT molecular complexity index is 642. The lowest BCUT2D eigenvalue weighted by atomic mass is 10.1. The number of benzene rings is 1. The van der Waals surface area contributed by atoms with E-state index in [-0.39, 0.29) is 12.2 Å². The highest BCUT2D eigenvalue weighted by Crippen LogP contribution is 2.14. The summed E-state index contributed by atoms with van der Waals surface area (Å²) in [5.74, 6) is -1.17. The molecule has 6 nitrogen and oxygen atoms in total. The highest BCUT2D eigenvalue weighted by Gasteiger charge is 2.06. The number of hydrogen-bond donors (Lipinski definition) is 2. The Kier molecular flexibility index (Phi) is 4.01. The normalized spacial score (nSPS) is 11.0. The van der Waals surface area contributed by atoms with Crippen molar-refractivity contribution in [2.75, 3.05) is 13.1 Å². The van der Waals surface area contributed by atoms with Gasteiger partial charge in [0.15, 0.2) is 5.58 Å². The van der Waals surface area contributed by atoms with E-state index in [1.807, 2.05) is 12.1 Å². The fourth-order valence-corrected chi connectivity index (χ4v) is 1.88. The van der Waals surface area contributed by atoms with Crippen molar-refractivity contribution >= 4 is 17.1 Å². The molecule has 0 saturated heterocycles. The molecule has 0 bridgehead atoms. The van der Waals surface area contributed by atoms with Crippen LogP contribution in [0.2, 0.25) is 0 Å². The molecule has 0 radical (unpaired) electrons. The van der Waals surface area contributed by atoms with Gasteiger partial charge in [-0.05, 0) is 30.7 Å². The number of hydrogen-bond acceptors (Lipinski definition) is 4. The molecule has 0 atom stereocenters. The average Bonchev–Trinajstić information content (AvgIpc) is 2.65. The summed E-state index contributed by atoms with van der Waals surface area (Å²) in [5.41, 5.74) is 2.43. The van der Waals surface area contributed by atoms with Gasteiger partial charge in [-0.15, -0.1) is 0 Å². The minimum Gasteiger partial charge on any atom is -0.481 e. The summed E-state index contributed by atoms with van der Waals surface area (Å²) in [6.45, 7) is 1.16. The summed E-state index contributed by atoms with van der Waals surface area (Å²) >= 11 is 0. The van der Waals surface area contributed by atoms with Crippen LogP contribution in [0, 0.1) is 0 Å². The Labute approximate surface area is 109 Å². The third-order valence-corrected chi connectivity index (χ3v) is 2.96. The van der Waals surface area contributed by atoms with Crippen LogP contribution in [0.5, 0.6) is 0 Å². The molecule has 0 aliphatic carbocycles. The lowest BCUT2D eigenvalue weighted by molar-refractivity contribution is -0.136. The summed E-state index contributed by atoms with van der Waals surface area (Å²) in [6.07, 6.45) is 0.893. The molecule has 1 aromatic heterocycles. The van der Waals surface area contributed by atoms with E-state index >= 15 is 0 Å². The number of aliphatic carboxylic acids is 1. The number of oxazole rings is 1. The van der Waals surface area contributed by atoms with Crippen molar-refractivity contribution in [3.8, 4) is 0 Å². The second-order valence-electron chi connectivity index (χ2n) is 4.37. The van der Waals surface area contributed by atoms with Gasteiger partial charge >= 0.3 is 11.7 Å². The monoisotopic (exact) mass is 264 g/mol. The number of nitrogens with one attached hydrogen (secondary N) is 1. The number of aromatic nitrogens is 1. The van der Waals surface area contributed by atoms with Crippen LogP contribution in [-0.2, 0) is 18.3 Å². The molecule has 2 aromatic rings. The fraction of sp³-hybridized carbons (Fsp3) is 0.385. The first-order chi connectivity index (χ1) is 9.08. The van der Waals surface area contributed by atoms with Crippen molar-refractivity contribution < 1.29 is 14.3 Å². The molecule has 0 aliphatic heterocycles.